The molecule has 3 aromatic rings. The molecular formula is C34H43N3O6. The van der Waals surface area contributed by atoms with Crippen molar-refractivity contribution in [3.8, 4) is 11.5 Å². The maximum Gasteiger partial charge on any atom is 0.408 e. The molecule has 0 radical (unpaired) electrons. The molecule has 43 heavy (non-hydrogen) atoms. The number of benzene rings is 3. The summed E-state index contributed by atoms with van der Waals surface area (Å²) in [7, 11) is 0. The van der Waals surface area contributed by atoms with Crippen LogP contribution in [0.5, 0.6) is 11.5 Å². The fourth-order valence-electron chi connectivity index (χ4n) is 4.68. The van der Waals surface area contributed by atoms with Crippen LogP contribution in [-0.4, -0.2) is 50.2 Å². The number of phenols is 2. The third kappa shape index (κ3) is 9.49. The number of aryl methyl sites for hydroxylation is 1. The van der Waals surface area contributed by atoms with Crippen molar-refractivity contribution in [1.82, 2.24) is 15.5 Å². The summed E-state index contributed by atoms with van der Waals surface area (Å²) in [5.41, 5.74) is 0.939. The molecule has 0 saturated carbocycles. The Balaban J connectivity index is 2.08. The maximum atomic E-state index is 14.6. The predicted octanol–water partition coefficient (Wildman–Crippen LogP) is 5.53. The number of carbonyl (C=O) groups is 3. The van der Waals surface area contributed by atoms with Crippen molar-refractivity contribution in [1.29, 1.82) is 0 Å². The van der Waals surface area contributed by atoms with E-state index in [0.29, 0.717) is 16.7 Å². The summed E-state index contributed by atoms with van der Waals surface area (Å²) in [6.07, 6.45) is -0.693. The molecule has 3 rings (SSSR count). The second-order valence-electron chi connectivity index (χ2n) is 12.6. The van der Waals surface area contributed by atoms with Crippen LogP contribution < -0.4 is 10.6 Å². The van der Waals surface area contributed by atoms with Crippen LogP contribution in [0, 0.1) is 6.92 Å². The van der Waals surface area contributed by atoms with Crippen molar-refractivity contribution in [3.05, 3.63) is 95.1 Å². The van der Waals surface area contributed by atoms with Crippen LogP contribution in [-0.2, 0) is 27.3 Å². The Morgan fingerprint density at radius 1 is 0.860 bits per heavy atom. The number of amides is 3. The van der Waals surface area contributed by atoms with Gasteiger partial charge in [-0.05, 0) is 95.0 Å². The average molecular weight is 590 g/mol. The number of phenolic OH excluding ortho intramolecular Hbond substituents is 2. The van der Waals surface area contributed by atoms with Crippen LogP contribution in [0.3, 0.4) is 0 Å². The Labute approximate surface area is 253 Å². The number of ether oxygens (including phenoxy) is 1. The van der Waals surface area contributed by atoms with Crippen molar-refractivity contribution >= 4 is 17.9 Å². The minimum Gasteiger partial charge on any atom is -0.508 e. The topological polar surface area (TPSA) is 128 Å². The van der Waals surface area contributed by atoms with E-state index in [4.69, 9.17) is 4.74 Å². The smallest absolute Gasteiger partial charge is 0.408 e. The van der Waals surface area contributed by atoms with E-state index < -0.39 is 41.1 Å². The van der Waals surface area contributed by atoms with Crippen LogP contribution >= 0.6 is 0 Å². The first-order valence-electron chi connectivity index (χ1n) is 14.3. The molecule has 9 nitrogen and oxygen atoms in total. The molecule has 0 aliphatic rings. The molecule has 2 atom stereocenters. The van der Waals surface area contributed by atoms with E-state index in [1.807, 2.05) is 51.1 Å². The summed E-state index contributed by atoms with van der Waals surface area (Å²) in [6, 6.07) is 18.4. The molecule has 3 amide bonds. The quantitative estimate of drug-likeness (QED) is 0.260. The van der Waals surface area contributed by atoms with E-state index in [2.05, 4.69) is 10.6 Å². The summed E-state index contributed by atoms with van der Waals surface area (Å²) < 4.78 is 5.48. The number of carbonyl (C=O) groups excluding carboxylic acids is 3. The minimum atomic E-state index is -1.11. The van der Waals surface area contributed by atoms with Crippen molar-refractivity contribution in [2.24, 2.45) is 0 Å². The number of hydrogen-bond donors (Lipinski definition) is 4. The number of hydrogen-bond acceptors (Lipinski definition) is 6. The maximum absolute atomic E-state index is 14.6. The minimum absolute atomic E-state index is 0.0672. The highest BCUT2D eigenvalue weighted by Crippen LogP contribution is 2.32. The zero-order chi connectivity index (χ0) is 31.9. The zero-order valence-corrected chi connectivity index (χ0v) is 26.0. The molecule has 4 N–H and O–H groups in total. The highest BCUT2D eigenvalue weighted by Gasteiger charge is 2.42. The van der Waals surface area contributed by atoms with E-state index in [9.17, 15) is 24.6 Å². The van der Waals surface area contributed by atoms with E-state index in [-0.39, 0.29) is 24.5 Å². The predicted molar refractivity (Wildman–Crippen MR) is 165 cm³/mol. The van der Waals surface area contributed by atoms with Gasteiger partial charge in [-0.3, -0.25) is 9.59 Å². The van der Waals surface area contributed by atoms with Gasteiger partial charge < -0.3 is 30.5 Å². The van der Waals surface area contributed by atoms with Gasteiger partial charge >= 0.3 is 6.09 Å². The molecule has 0 fully saturated rings. The van der Waals surface area contributed by atoms with Gasteiger partial charge in [0.05, 0.1) is 0 Å². The Bertz CT molecular complexity index is 1410. The van der Waals surface area contributed by atoms with Crippen LogP contribution in [0.25, 0.3) is 0 Å². The van der Waals surface area contributed by atoms with E-state index in [1.54, 1.807) is 52.0 Å². The van der Waals surface area contributed by atoms with Gasteiger partial charge in [0, 0.05) is 18.5 Å². The molecule has 0 spiro atoms. The van der Waals surface area contributed by atoms with E-state index in [0.717, 1.165) is 5.56 Å². The van der Waals surface area contributed by atoms with Gasteiger partial charge in [0.25, 0.3) is 0 Å². The second-order valence-corrected chi connectivity index (χ2v) is 12.6. The van der Waals surface area contributed by atoms with Gasteiger partial charge in [-0.2, -0.15) is 0 Å². The largest absolute Gasteiger partial charge is 0.508 e. The Morgan fingerprint density at radius 2 is 1.49 bits per heavy atom. The fraction of sp³-hybridized carbons (Fsp3) is 0.382. The third-order valence-electron chi connectivity index (χ3n) is 6.68. The highest BCUT2D eigenvalue weighted by molar-refractivity contribution is 5.93. The highest BCUT2D eigenvalue weighted by atomic mass is 16.6. The number of nitrogens with one attached hydrogen (secondary N) is 2. The SMILES string of the molecule is Cc1cc(C(C(=O)NCc2ccccc2)N(C(=O)C(Cc2ccc(O)cc2)NC(=O)OC(C)(C)C)C(C)(C)C)ccc1O. The molecule has 0 heterocycles. The van der Waals surface area contributed by atoms with E-state index >= 15 is 0 Å². The zero-order valence-electron chi connectivity index (χ0n) is 26.0. The van der Waals surface area contributed by atoms with Crippen LogP contribution in [0.2, 0.25) is 0 Å². The Kier molecular flexibility index (Phi) is 10.5. The van der Waals surface area contributed by atoms with Gasteiger partial charge in [-0.25, -0.2) is 4.79 Å². The second kappa shape index (κ2) is 13.6. The number of alkyl carbamates (subject to hydrolysis) is 1. The first kappa shape index (κ1) is 33.0. The summed E-state index contributed by atoms with van der Waals surface area (Å²) >= 11 is 0. The summed E-state index contributed by atoms with van der Waals surface area (Å²) in [4.78, 5) is 43.0. The monoisotopic (exact) mass is 589 g/mol. The summed E-state index contributed by atoms with van der Waals surface area (Å²) in [5.74, 6) is -0.784. The molecule has 2 unspecified atom stereocenters. The lowest BCUT2D eigenvalue weighted by atomic mass is 9.93. The molecule has 0 aliphatic heterocycles. The lowest BCUT2D eigenvalue weighted by molar-refractivity contribution is -0.148. The lowest BCUT2D eigenvalue weighted by Gasteiger charge is -2.43. The van der Waals surface area contributed by atoms with Gasteiger partial charge in [-0.15, -0.1) is 0 Å². The number of nitrogens with zero attached hydrogens (tertiary/aromatic N) is 1. The van der Waals surface area contributed by atoms with Gasteiger partial charge in [-0.1, -0.05) is 48.5 Å². The van der Waals surface area contributed by atoms with Gasteiger partial charge in [0.2, 0.25) is 11.8 Å². The molecule has 0 aromatic heterocycles. The van der Waals surface area contributed by atoms with Crippen LogP contribution in [0.15, 0.2) is 72.8 Å². The fourth-order valence-corrected chi connectivity index (χ4v) is 4.68. The lowest BCUT2D eigenvalue weighted by Crippen LogP contribution is -2.59. The molecule has 9 heteroatoms. The summed E-state index contributed by atoms with van der Waals surface area (Å²) in [5, 5.41) is 25.7. The van der Waals surface area contributed by atoms with E-state index in [1.165, 1.54) is 23.1 Å². The number of rotatable bonds is 9. The molecule has 0 saturated heterocycles. The molecule has 230 valence electrons. The van der Waals surface area contributed by atoms with Crippen LogP contribution in [0.1, 0.15) is 69.8 Å². The molecule has 0 aliphatic carbocycles. The van der Waals surface area contributed by atoms with Gasteiger partial charge in [0.1, 0.15) is 29.2 Å². The van der Waals surface area contributed by atoms with Crippen molar-refractivity contribution in [2.45, 2.75) is 84.7 Å². The molecule has 3 aromatic carbocycles. The van der Waals surface area contributed by atoms with Gasteiger partial charge in [0.15, 0.2) is 0 Å². The number of aromatic hydroxyl groups is 2. The first-order chi connectivity index (χ1) is 20.0. The Hall–Kier alpha value is -4.53. The standard InChI is InChI=1S/C34H43N3O6/c1-22-19-25(15-18-28(22)39)29(30(40)35-21-24-11-9-8-10-12-24)37(33(2,3)4)31(41)27(36-32(42)43-34(5,6)7)20-23-13-16-26(38)17-14-23/h8-19,27,29,38-39H,20-21H2,1-7H3,(H,35,40)(H,36,42). The molecule has 0 bridgehead atoms. The van der Waals surface area contributed by atoms with Crippen molar-refractivity contribution in [3.63, 3.8) is 0 Å². The van der Waals surface area contributed by atoms with Crippen LogP contribution in [0.4, 0.5) is 4.79 Å². The molecular weight excluding hydrogens is 546 g/mol. The Morgan fingerprint density at radius 3 is 2.05 bits per heavy atom. The van der Waals surface area contributed by atoms with Crippen molar-refractivity contribution < 1.29 is 29.3 Å². The average Bonchev–Trinajstić information content (AvgIpc) is 2.91. The normalized spacial score (nSPS) is 13.0. The van der Waals surface area contributed by atoms with Crippen molar-refractivity contribution in [2.75, 3.05) is 0 Å². The third-order valence-corrected chi connectivity index (χ3v) is 6.68. The summed E-state index contributed by atoms with van der Waals surface area (Å²) in [6.45, 7) is 12.6. The first-order valence-corrected chi connectivity index (χ1v) is 14.3.